The minimum Gasteiger partial charge on any atom is -0.338 e. The number of aliphatic hydroxyl groups is 1. The predicted octanol–water partition coefficient (Wildman–Crippen LogP) is 4.25. The van der Waals surface area contributed by atoms with E-state index in [1.54, 1.807) is 23.9 Å². The van der Waals surface area contributed by atoms with Gasteiger partial charge < -0.3 is 5.11 Å². The van der Waals surface area contributed by atoms with Crippen LogP contribution >= 0.6 is 35.0 Å². The summed E-state index contributed by atoms with van der Waals surface area (Å²) in [7, 11) is -0.918. The van der Waals surface area contributed by atoms with Gasteiger partial charge in [-0.15, -0.1) is 0 Å². The molecule has 27 heavy (non-hydrogen) atoms. The van der Waals surface area contributed by atoms with Crippen LogP contribution in [0, 0.1) is 0 Å². The van der Waals surface area contributed by atoms with E-state index in [1.807, 2.05) is 25.2 Å². The third-order valence-corrected chi connectivity index (χ3v) is 8.05. The van der Waals surface area contributed by atoms with Crippen LogP contribution in [0.2, 0.25) is 10.0 Å². The third kappa shape index (κ3) is 3.39. The molecule has 0 radical (unpaired) electrons. The van der Waals surface area contributed by atoms with Crippen LogP contribution in [0.25, 0.3) is 0 Å². The Labute approximate surface area is 172 Å². The van der Waals surface area contributed by atoms with Crippen molar-refractivity contribution in [3.8, 4) is 0 Å². The Kier molecular flexibility index (Phi) is 5.60. The minimum absolute atomic E-state index is 0.0207. The Morgan fingerprint density at radius 1 is 1.19 bits per heavy atom. The van der Waals surface area contributed by atoms with E-state index in [2.05, 4.69) is 9.63 Å². The van der Waals surface area contributed by atoms with Crippen LogP contribution in [0.4, 0.5) is 5.69 Å². The van der Waals surface area contributed by atoms with Gasteiger partial charge in [-0.3, -0.25) is 4.48 Å². The largest absolute Gasteiger partial charge is 0.338 e. The van der Waals surface area contributed by atoms with Gasteiger partial charge in [-0.1, -0.05) is 51.6 Å². The summed E-state index contributed by atoms with van der Waals surface area (Å²) in [6.07, 6.45) is 0. The fraction of sp³-hybridized carbons (Fsp3) is 0.294. The van der Waals surface area contributed by atoms with Gasteiger partial charge in [0.2, 0.25) is 5.72 Å². The Hall–Kier alpha value is -1.16. The van der Waals surface area contributed by atoms with E-state index < -0.39 is 15.7 Å². The SMILES string of the molecule is CN=NS(=O)(=O)c1cc(C2(O)CSC[N+]2(C)c2ccccc2Cl)ccc1Cl. The lowest BCUT2D eigenvalue weighted by molar-refractivity contribution is -0.0569. The molecule has 1 saturated heterocycles. The second-order valence-electron chi connectivity index (χ2n) is 6.34. The topological polar surface area (TPSA) is 79.1 Å². The summed E-state index contributed by atoms with van der Waals surface area (Å²) in [5.74, 6) is 0.935. The summed E-state index contributed by atoms with van der Waals surface area (Å²) < 4.78 is 28.1. The highest BCUT2D eigenvalue weighted by Crippen LogP contribution is 2.48. The molecule has 1 fully saturated rings. The number of nitrogens with zero attached hydrogens (tertiary/aromatic N) is 3. The van der Waals surface area contributed by atoms with Crippen molar-refractivity contribution >= 4 is 50.7 Å². The van der Waals surface area contributed by atoms with Crippen molar-refractivity contribution in [1.82, 2.24) is 4.48 Å². The van der Waals surface area contributed by atoms with E-state index in [1.165, 1.54) is 19.2 Å². The molecule has 3 rings (SSSR count). The second-order valence-corrected chi connectivity index (χ2v) is 9.66. The van der Waals surface area contributed by atoms with Gasteiger partial charge in [0.25, 0.3) is 0 Å². The molecule has 10 heteroatoms. The highest BCUT2D eigenvalue weighted by molar-refractivity contribution is 7.99. The molecule has 144 valence electrons. The maximum absolute atomic E-state index is 12.4. The average Bonchev–Trinajstić information content (AvgIpc) is 2.92. The molecule has 0 amide bonds. The summed E-state index contributed by atoms with van der Waals surface area (Å²) in [6, 6.07) is 11.7. The number of benzene rings is 2. The van der Waals surface area contributed by atoms with Gasteiger partial charge in [0, 0.05) is 18.7 Å². The summed E-state index contributed by atoms with van der Waals surface area (Å²) in [5.41, 5.74) is -0.225. The van der Waals surface area contributed by atoms with Gasteiger partial charge in [-0.2, -0.15) is 13.5 Å². The summed E-state index contributed by atoms with van der Waals surface area (Å²) >= 11 is 14.0. The molecular formula is C17H18Cl2N3O3S2+. The van der Waals surface area contributed by atoms with Crippen LogP contribution in [0.1, 0.15) is 5.56 Å². The van der Waals surface area contributed by atoms with Crippen molar-refractivity contribution in [1.29, 1.82) is 0 Å². The van der Waals surface area contributed by atoms with Crippen molar-refractivity contribution in [3.05, 3.63) is 58.1 Å². The van der Waals surface area contributed by atoms with Gasteiger partial charge in [0.15, 0.2) is 5.69 Å². The molecule has 2 aromatic carbocycles. The molecule has 1 aliphatic heterocycles. The fourth-order valence-electron chi connectivity index (χ4n) is 3.21. The fourth-order valence-corrected chi connectivity index (χ4v) is 6.38. The zero-order chi connectivity index (χ0) is 19.9. The molecule has 0 aliphatic carbocycles. The van der Waals surface area contributed by atoms with E-state index in [-0.39, 0.29) is 14.4 Å². The number of rotatable bonds is 4. The molecule has 6 nitrogen and oxygen atoms in total. The number of quaternary nitrogens is 1. The predicted molar refractivity (Wildman–Crippen MR) is 110 cm³/mol. The Morgan fingerprint density at radius 2 is 1.89 bits per heavy atom. The molecule has 1 aliphatic rings. The van der Waals surface area contributed by atoms with Crippen LogP contribution in [0.3, 0.4) is 0 Å². The lowest BCUT2D eigenvalue weighted by atomic mass is 10.00. The molecule has 2 atom stereocenters. The van der Waals surface area contributed by atoms with E-state index in [9.17, 15) is 13.5 Å². The summed E-state index contributed by atoms with van der Waals surface area (Å²) in [4.78, 5) is -0.191. The first kappa shape index (κ1) is 20.6. The standard InChI is InChI=1S/C17H18Cl2N3O3S2/c1-20-21-27(24,25)16-9-12(7-8-14(16)19)17(23)10-26-11-22(17,2)15-6-4-3-5-13(15)18/h3-9,23H,10-11H2,1-2H3/q+1. The van der Waals surface area contributed by atoms with Crippen LogP contribution in [-0.2, 0) is 15.7 Å². The van der Waals surface area contributed by atoms with Crippen molar-refractivity contribution < 1.29 is 13.5 Å². The first-order valence-electron chi connectivity index (χ1n) is 7.93. The monoisotopic (exact) mass is 446 g/mol. The van der Waals surface area contributed by atoms with E-state index in [0.717, 1.165) is 5.69 Å². The molecule has 0 bridgehead atoms. The van der Waals surface area contributed by atoms with Crippen molar-refractivity contribution in [2.75, 3.05) is 25.7 Å². The van der Waals surface area contributed by atoms with E-state index in [0.29, 0.717) is 22.2 Å². The van der Waals surface area contributed by atoms with Crippen LogP contribution < -0.4 is 4.48 Å². The maximum Gasteiger partial charge on any atom is 0.300 e. The summed E-state index contributed by atoms with van der Waals surface area (Å²) in [5, 5.41) is 15.6. The number of hydrogen-bond acceptors (Lipinski definition) is 5. The van der Waals surface area contributed by atoms with E-state index >= 15 is 0 Å². The van der Waals surface area contributed by atoms with Crippen molar-refractivity contribution in [2.45, 2.75) is 10.6 Å². The van der Waals surface area contributed by atoms with Gasteiger partial charge in [0.05, 0.1) is 17.8 Å². The average molecular weight is 447 g/mol. The smallest absolute Gasteiger partial charge is 0.300 e. The van der Waals surface area contributed by atoms with Gasteiger partial charge in [-0.25, -0.2) is 0 Å². The summed E-state index contributed by atoms with van der Waals surface area (Å²) in [6.45, 7) is 0. The highest BCUT2D eigenvalue weighted by atomic mass is 35.5. The first-order valence-corrected chi connectivity index (χ1v) is 11.3. The highest BCUT2D eigenvalue weighted by Gasteiger charge is 2.55. The molecule has 2 unspecified atom stereocenters. The van der Waals surface area contributed by atoms with Crippen LogP contribution in [0.5, 0.6) is 0 Å². The number of thioether (sulfide) groups is 1. The Balaban J connectivity index is 2.19. The molecule has 2 aromatic rings. The van der Waals surface area contributed by atoms with Gasteiger partial charge >= 0.3 is 10.0 Å². The lowest BCUT2D eigenvalue weighted by Gasteiger charge is -2.41. The maximum atomic E-state index is 12.4. The van der Waals surface area contributed by atoms with E-state index in [4.69, 9.17) is 23.2 Å². The molecule has 0 spiro atoms. The van der Waals surface area contributed by atoms with Crippen molar-refractivity contribution in [3.63, 3.8) is 0 Å². The normalized spacial score (nSPS) is 26.0. The molecule has 0 aromatic heterocycles. The Morgan fingerprint density at radius 3 is 2.56 bits per heavy atom. The second kappa shape index (κ2) is 7.35. The minimum atomic E-state index is -4.05. The number of para-hydroxylation sites is 1. The molecule has 1 N–H and O–H groups in total. The zero-order valence-electron chi connectivity index (χ0n) is 14.6. The molecular weight excluding hydrogens is 429 g/mol. The third-order valence-electron chi connectivity index (χ3n) is 4.71. The molecule has 0 saturated carbocycles. The van der Waals surface area contributed by atoms with Crippen LogP contribution in [0.15, 0.2) is 57.0 Å². The van der Waals surface area contributed by atoms with Gasteiger partial charge in [-0.05, 0) is 24.3 Å². The number of hydrogen-bond donors (Lipinski definition) is 1. The number of sulfonamides is 1. The number of halogens is 2. The van der Waals surface area contributed by atoms with Crippen molar-refractivity contribution in [2.24, 2.45) is 9.63 Å². The quantitative estimate of drug-likeness (QED) is 0.562. The lowest BCUT2D eigenvalue weighted by Crippen LogP contribution is -2.58. The first-order chi connectivity index (χ1) is 12.7. The Bertz CT molecular complexity index is 1020. The van der Waals surface area contributed by atoms with Gasteiger partial charge in [0.1, 0.15) is 15.8 Å². The zero-order valence-corrected chi connectivity index (χ0v) is 17.8. The molecule has 1 heterocycles. The van der Waals surface area contributed by atoms with Crippen LogP contribution in [-0.4, -0.2) is 39.2 Å².